The van der Waals surface area contributed by atoms with Gasteiger partial charge in [0.15, 0.2) is 6.29 Å². The van der Waals surface area contributed by atoms with Crippen LogP contribution >= 0.6 is 0 Å². The second kappa shape index (κ2) is 12.0. The average Bonchev–Trinajstić information content (AvgIpc) is 3.28. The van der Waals surface area contributed by atoms with Crippen LogP contribution in [0.4, 0.5) is 22.1 Å². The monoisotopic (exact) mass is 520 g/mol. The molecule has 200 valence electrons. The fourth-order valence-corrected chi connectivity index (χ4v) is 4.77. The third-order valence-electron chi connectivity index (χ3n) is 6.77. The van der Waals surface area contributed by atoms with Gasteiger partial charge in [-0.3, -0.25) is 24.7 Å². The Morgan fingerprint density at radius 2 is 2.16 bits per heavy atom. The minimum Gasteiger partial charge on any atom is -0.383 e. The number of hydrogen-bond donors (Lipinski definition) is 2. The fraction of sp³-hybridized carbons (Fsp3) is 0.462. The number of nitrogens with zero attached hydrogens (tertiary/aromatic N) is 6. The van der Waals surface area contributed by atoms with E-state index in [0.29, 0.717) is 68.1 Å². The third-order valence-corrected chi connectivity index (χ3v) is 6.77. The van der Waals surface area contributed by atoms with Gasteiger partial charge in [0.1, 0.15) is 23.4 Å². The number of ether oxygens (including phenoxy) is 1. The second-order valence-corrected chi connectivity index (χ2v) is 9.49. The molecule has 12 nitrogen and oxygen atoms in total. The second-order valence-electron chi connectivity index (χ2n) is 9.49. The highest BCUT2D eigenvalue weighted by molar-refractivity contribution is 6.02. The molecule has 2 aromatic rings. The molecule has 1 atom stereocenters. The van der Waals surface area contributed by atoms with Crippen molar-refractivity contribution in [2.24, 2.45) is 0 Å². The zero-order chi connectivity index (χ0) is 27.2. The van der Waals surface area contributed by atoms with Crippen molar-refractivity contribution >= 4 is 35.5 Å². The molecule has 2 N–H and O–H groups in total. The Morgan fingerprint density at radius 3 is 2.84 bits per heavy atom. The number of nitrogens with one attached hydrogen (secondary N) is 2. The van der Waals surface area contributed by atoms with Crippen LogP contribution in [0.1, 0.15) is 40.0 Å². The lowest BCUT2D eigenvalue weighted by atomic mass is 10.0. The number of nitriles is 1. The van der Waals surface area contributed by atoms with E-state index < -0.39 is 6.03 Å². The van der Waals surface area contributed by atoms with Crippen LogP contribution in [0.2, 0.25) is 0 Å². The number of carbonyl (C=O) groups excluding carboxylic acids is 3. The molecule has 1 fully saturated rings. The molecule has 0 aliphatic carbocycles. The van der Waals surface area contributed by atoms with Gasteiger partial charge in [-0.05, 0) is 45.0 Å². The molecule has 3 amide bonds. The van der Waals surface area contributed by atoms with Gasteiger partial charge in [0.2, 0.25) is 5.91 Å². The Morgan fingerprint density at radius 1 is 1.34 bits per heavy atom. The number of aromatic nitrogens is 2. The molecule has 12 heteroatoms. The quantitative estimate of drug-likeness (QED) is 0.374. The summed E-state index contributed by atoms with van der Waals surface area (Å²) < 4.78 is 5.04. The molecule has 38 heavy (non-hydrogen) atoms. The van der Waals surface area contributed by atoms with Crippen LogP contribution in [0.5, 0.6) is 0 Å². The lowest BCUT2D eigenvalue weighted by molar-refractivity contribution is -0.131. The molecule has 2 aliphatic rings. The van der Waals surface area contributed by atoms with Crippen LogP contribution in [0.25, 0.3) is 0 Å². The molecule has 0 saturated carbocycles. The number of aldehydes is 1. The van der Waals surface area contributed by atoms with E-state index in [1.54, 1.807) is 18.1 Å². The molecular formula is C26H32N8O4. The summed E-state index contributed by atoms with van der Waals surface area (Å²) in [5, 5.41) is 15.2. The zero-order valence-electron chi connectivity index (χ0n) is 21.9. The number of methoxy groups -OCH3 is 1. The van der Waals surface area contributed by atoms with Crippen molar-refractivity contribution < 1.29 is 19.1 Å². The van der Waals surface area contributed by atoms with E-state index in [4.69, 9.17) is 4.74 Å². The van der Waals surface area contributed by atoms with E-state index in [2.05, 4.69) is 26.7 Å². The number of carbonyl (C=O) groups is 3. The number of pyridine rings is 2. The largest absolute Gasteiger partial charge is 0.383 e. The summed E-state index contributed by atoms with van der Waals surface area (Å²) in [6.45, 7) is 2.28. The highest BCUT2D eigenvalue weighted by Gasteiger charge is 2.34. The molecule has 1 saturated heterocycles. The maximum atomic E-state index is 13.2. The van der Waals surface area contributed by atoms with Crippen molar-refractivity contribution in [1.29, 1.82) is 5.26 Å². The Labute approximate surface area is 221 Å². The Balaban J connectivity index is 1.53. The predicted octanol–water partition coefficient (Wildman–Crippen LogP) is 1.87. The lowest BCUT2D eigenvalue weighted by Crippen LogP contribution is -2.40. The minimum atomic E-state index is -0.438. The van der Waals surface area contributed by atoms with Crippen LogP contribution in [0.15, 0.2) is 18.3 Å². The summed E-state index contributed by atoms with van der Waals surface area (Å²) in [7, 11) is 5.35. The van der Waals surface area contributed by atoms with Gasteiger partial charge >= 0.3 is 6.03 Å². The zero-order valence-corrected chi connectivity index (χ0v) is 21.9. The van der Waals surface area contributed by atoms with Crippen molar-refractivity contribution in [1.82, 2.24) is 19.8 Å². The van der Waals surface area contributed by atoms with Gasteiger partial charge in [-0.15, -0.1) is 0 Å². The number of amides is 3. The SMILES string of the molecule is COCCNc1cc(NC(=O)N2CCCc3cc(CN4CC[C@@H](N(C)C)C4=O)c(C=O)nc32)ncc1C#N. The average molecular weight is 521 g/mol. The molecule has 2 aliphatic heterocycles. The maximum absolute atomic E-state index is 13.2. The molecule has 4 heterocycles. The number of likely N-dealkylation sites (N-methyl/N-ethyl adjacent to an activating group) is 1. The molecule has 2 aromatic heterocycles. The molecule has 0 spiro atoms. The van der Waals surface area contributed by atoms with Crippen molar-refractivity contribution in [3.05, 3.63) is 40.7 Å². The first-order chi connectivity index (χ1) is 18.4. The third kappa shape index (κ3) is 5.74. The molecule has 0 radical (unpaired) electrons. The summed E-state index contributed by atoms with van der Waals surface area (Å²) >= 11 is 0. The van der Waals surface area contributed by atoms with Crippen LogP contribution in [0.3, 0.4) is 0 Å². The first-order valence-corrected chi connectivity index (χ1v) is 12.5. The van der Waals surface area contributed by atoms with Crippen LogP contribution < -0.4 is 15.5 Å². The van der Waals surface area contributed by atoms with Gasteiger partial charge < -0.3 is 15.0 Å². The first kappa shape index (κ1) is 27.0. The summed E-state index contributed by atoms with van der Waals surface area (Å²) in [5.74, 6) is 0.735. The van der Waals surface area contributed by atoms with Crippen molar-refractivity contribution in [2.75, 3.05) is 63.0 Å². The lowest BCUT2D eigenvalue weighted by Gasteiger charge is -2.29. The summed E-state index contributed by atoms with van der Waals surface area (Å²) in [6, 6.07) is 4.96. The number of hydrogen-bond acceptors (Lipinski definition) is 9. The van der Waals surface area contributed by atoms with Crippen molar-refractivity contribution in [3.63, 3.8) is 0 Å². The Hall–Kier alpha value is -4.08. The van der Waals surface area contributed by atoms with E-state index in [0.717, 1.165) is 18.4 Å². The molecular weight excluding hydrogens is 488 g/mol. The van der Waals surface area contributed by atoms with E-state index >= 15 is 0 Å². The Kier molecular flexibility index (Phi) is 8.50. The number of aryl methyl sites for hydroxylation is 1. The van der Waals surface area contributed by atoms with E-state index in [-0.39, 0.29) is 23.5 Å². The van der Waals surface area contributed by atoms with Gasteiger partial charge in [0, 0.05) is 51.1 Å². The number of urea groups is 1. The summed E-state index contributed by atoms with van der Waals surface area (Å²) in [6.07, 6.45) is 4.23. The highest BCUT2D eigenvalue weighted by Crippen LogP contribution is 2.29. The van der Waals surface area contributed by atoms with Gasteiger partial charge in [-0.1, -0.05) is 0 Å². The number of anilines is 3. The first-order valence-electron chi connectivity index (χ1n) is 12.5. The smallest absolute Gasteiger partial charge is 0.328 e. The van der Waals surface area contributed by atoms with Gasteiger partial charge in [-0.2, -0.15) is 5.26 Å². The predicted molar refractivity (Wildman–Crippen MR) is 141 cm³/mol. The van der Waals surface area contributed by atoms with Crippen LogP contribution in [0, 0.1) is 11.3 Å². The number of likely N-dealkylation sites (tertiary alicyclic amines) is 1. The molecule has 0 aromatic carbocycles. The normalized spacial score (nSPS) is 16.8. The van der Waals surface area contributed by atoms with E-state index in [1.807, 2.05) is 25.1 Å². The Bertz CT molecular complexity index is 1260. The van der Waals surface area contributed by atoms with Gasteiger partial charge in [0.05, 0.1) is 23.9 Å². The van der Waals surface area contributed by atoms with Gasteiger partial charge in [0.25, 0.3) is 0 Å². The van der Waals surface area contributed by atoms with Crippen LogP contribution in [-0.4, -0.2) is 91.5 Å². The van der Waals surface area contributed by atoms with E-state index in [1.165, 1.54) is 11.1 Å². The summed E-state index contributed by atoms with van der Waals surface area (Å²) in [4.78, 5) is 51.9. The standard InChI is InChI=1S/C26H32N8O4/c1-32(2)22-6-9-33(25(22)36)15-18-11-17-5-4-8-34(24(17)30-21(18)16-35)26(37)31-23-12-20(28-7-10-38-3)19(13-27)14-29-23/h11-12,14,16,22H,4-10,15H2,1-3H3,(H2,28,29,31,37)/t22-/m1/s1. The topological polar surface area (TPSA) is 144 Å². The highest BCUT2D eigenvalue weighted by atomic mass is 16.5. The molecule has 0 bridgehead atoms. The maximum Gasteiger partial charge on any atom is 0.328 e. The van der Waals surface area contributed by atoms with Crippen molar-refractivity contribution in [2.45, 2.75) is 31.8 Å². The van der Waals surface area contributed by atoms with E-state index in [9.17, 15) is 19.6 Å². The van der Waals surface area contributed by atoms with Gasteiger partial charge in [-0.25, -0.2) is 14.8 Å². The molecule has 0 unspecified atom stereocenters. The number of rotatable bonds is 9. The fourth-order valence-electron chi connectivity index (χ4n) is 4.77. The molecule has 4 rings (SSSR count). The number of fused-ring (bicyclic) bond motifs is 1. The van der Waals surface area contributed by atoms with Crippen LogP contribution in [-0.2, 0) is 22.5 Å². The summed E-state index contributed by atoms with van der Waals surface area (Å²) in [5.41, 5.74) is 2.62. The minimum absolute atomic E-state index is 0.0385. The van der Waals surface area contributed by atoms with Crippen molar-refractivity contribution in [3.8, 4) is 6.07 Å².